The maximum absolute atomic E-state index is 6.02. The third kappa shape index (κ3) is 3.21. The largest absolute Gasteiger partial charge is 0.398 e. The number of halogens is 1. The van der Waals surface area contributed by atoms with E-state index in [-0.39, 0.29) is 0 Å². The van der Waals surface area contributed by atoms with Crippen molar-refractivity contribution in [1.82, 2.24) is 9.80 Å². The molecule has 1 aromatic rings. The van der Waals surface area contributed by atoms with Crippen LogP contribution >= 0.6 is 15.9 Å². The van der Waals surface area contributed by atoms with Crippen molar-refractivity contribution in [2.24, 2.45) is 0 Å². The first-order valence-electron chi connectivity index (χ1n) is 6.18. The van der Waals surface area contributed by atoms with Gasteiger partial charge in [-0.15, -0.1) is 0 Å². The van der Waals surface area contributed by atoms with E-state index >= 15 is 0 Å². The zero-order valence-electron chi connectivity index (χ0n) is 10.3. The average molecular weight is 298 g/mol. The molecule has 0 saturated carbocycles. The van der Waals surface area contributed by atoms with Crippen molar-refractivity contribution in [2.75, 3.05) is 38.5 Å². The van der Waals surface area contributed by atoms with Crippen LogP contribution < -0.4 is 5.73 Å². The van der Waals surface area contributed by atoms with Crippen LogP contribution in [-0.2, 0) is 6.54 Å². The Labute approximate surface area is 112 Å². The first-order chi connectivity index (χ1) is 8.20. The quantitative estimate of drug-likeness (QED) is 0.868. The molecule has 4 heteroatoms. The van der Waals surface area contributed by atoms with Crippen LogP contribution in [0.4, 0.5) is 5.69 Å². The third-order valence-electron chi connectivity index (χ3n) is 3.45. The van der Waals surface area contributed by atoms with Gasteiger partial charge in [-0.3, -0.25) is 4.90 Å². The number of benzene rings is 1. The van der Waals surface area contributed by atoms with Crippen molar-refractivity contribution in [2.45, 2.75) is 13.5 Å². The van der Waals surface area contributed by atoms with E-state index in [2.05, 4.69) is 38.7 Å². The summed E-state index contributed by atoms with van der Waals surface area (Å²) in [5.41, 5.74) is 8.13. The maximum atomic E-state index is 6.02. The lowest BCUT2D eigenvalue weighted by Crippen LogP contribution is -2.45. The molecule has 94 valence electrons. The molecule has 1 aromatic carbocycles. The van der Waals surface area contributed by atoms with Crippen molar-refractivity contribution in [3.63, 3.8) is 0 Å². The lowest BCUT2D eigenvalue weighted by molar-refractivity contribution is 0.132. The topological polar surface area (TPSA) is 32.5 Å². The van der Waals surface area contributed by atoms with Gasteiger partial charge < -0.3 is 10.6 Å². The Morgan fingerprint density at radius 2 is 1.82 bits per heavy atom. The predicted octanol–water partition coefficient (Wildman–Crippen LogP) is 2.17. The summed E-state index contributed by atoms with van der Waals surface area (Å²) in [5.74, 6) is 0. The fourth-order valence-corrected chi connectivity index (χ4v) is 2.74. The normalized spacial score (nSPS) is 18.5. The number of piperazine rings is 1. The Bertz CT molecular complexity index is 353. The summed E-state index contributed by atoms with van der Waals surface area (Å²) in [6.45, 7) is 8.93. The predicted molar refractivity (Wildman–Crippen MR) is 75.9 cm³/mol. The number of rotatable bonds is 3. The lowest BCUT2D eigenvalue weighted by atomic mass is 10.1. The number of nitrogens with zero attached hydrogens (tertiary/aromatic N) is 2. The molecule has 17 heavy (non-hydrogen) atoms. The second-order valence-corrected chi connectivity index (χ2v) is 5.37. The molecule has 3 nitrogen and oxygen atoms in total. The fourth-order valence-electron chi connectivity index (χ4n) is 2.23. The van der Waals surface area contributed by atoms with Gasteiger partial charge in [0.15, 0.2) is 0 Å². The van der Waals surface area contributed by atoms with E-state index in [0.717, 1.165) is 36.3 Å². The van der Waals surface area contributed by atoms with Gasteiger partial charge in [0.2, 0.25) is 0 Å². The standard InChI is InChI=1S/C13H20BrN3/c1-2-16-6-8-17(9-7-16)10-11-12(14)4-3-5-13(11)15/h3-5H,2,6-10,15H2,1H3. The molecule has 0 unspecified atom stereocenters. The maximum Gasteiger partial charge on any atom is 0.0371 e. The molecular weight excluding hydrogens is 278 g/mol. The molecule has 0 radical (unpaired) electrons. The molecule has 0 atom stereocenters. The second kappa shape index (κ2) is 5.85. The minimum atomic E-state index is 0.886. The van der Waals surface area contributed by atoms with Crippen molar-refractivity contribution >= 4 is 21.6 Å². The Kier molecular flexibility index (Phi) is 4.42. The van der Waals surface area contributed by atoms with E-state index in [4.69, 9.17) is 5.73 Å². The van der Waals surface area contributed by atoms with Crippen LogP contribution in [-0.4, -0.2) is 42.5 Å². The SMILES string of the molecule is CCN1CCN(Cc2c(N)cccc2Br)CC1. The molecule has 1 aliphatic rings. The molecular formula is C13H20BrN3. The smallest absolute Gasteiger partial charge is 0.0371 e. The Morgan fingerprint density at radius 1 is 1.18 bits per heavy atom. The van der Waals surface area contributed by atoms with Crippen LogP contribution in [0.2, 0.25) is 0 Å². The van der Waals surface area contributed by atoms with Crippen molar-refractivity contribution in [3.05, 3.63) is 28.2 Å². The summed E-state index contributed by atoms with van der Waals surface area (Å²) >= 11 is 3.58. The lowest BCUT2D eigenvalue weighted by Gasteiger charge is -2.34. The van der Waals surface area contributed by atoms with Crippen LogP contribution in [0, 0.1) is 0 Å². The van der Waals surface area contributed by atoms with Gasteiger partial charge in [0.05, 0.1) is 0 Å². The summed E-state index contributed by atoms with van der Waals surface area (Å²) in [4.78, 5) is 4.96. The second-order valence-electron chi connectivity index (χ2n) is 4.52. The summed E-state index contributed by atoms with van der Waals surface area (Å²) < 4.78 is 1.12. The van der Waals surface area contributed by atoms with E-state index in [1.807, 2.05) is 12.1 Å². The number of likely N-dealkylation sites (N-methyl/N-ethyl adjacent to an activating group) is 1. The number of anilines is 1. The molecule has 1 heterocycles. The molecule has 2 rings (SSSR count). The summed E-state index contributed by atoms with van der Waals surface area (Å²) in [5, 5.41) is 0. The van der Waals surface area contributed by atoms with Crippen molar-refractivity contribution < 1.29 is 0 Å². The molecule has 1 saturated heterocycles. The van der Waals surface area contributed by atoms with Crippen LogP contribution in [0.5, 0.6) is 0 Å². The highest BCUT2D eigenvalue weighted by Crippen LogP contribution is 2.24. The van der Waals surface area contributed by atoms with Crippen LogP contribution in [0.1, 0.15) is 12.5 Å². The third-order valence-corrected chi connectivity index (χ3v) is 4.19. The number of nitrogen functional groups attached to an aromatic ring is 1. The van der Waals surface area contributed by atoms with Gasteiger partial charge in [-0.05, 0) is 18.7 Å². The molecule has 0 spiro atoms. The van der Waals surface area contributed by atoms with Crippen molar-refractivity contribution in [3.8, 4) is 0 Å². The van der Waals surface area contributed by atoms with Crippen LogP contribution in [0.3, 0.4) is 0 Å². The zero-order chi connectivity index (χ0) is 12.3. The Morgan fingerprint density at radius 3 is 2.41 bits per heavy atom. The molecule has 0 bridgehead atoms. The van der Waals surface area contributed by atoms with Gasteiger partial charge in [0, 0.05) is 48.4 Å². The number of hydrogen-bond acceptors (Lipinski definition) is 3. The van der Waals surface area contributed by atoms with E-state index in [0.29, 0.717) is 0 Å². The van der Waals surface area contributed by atoms with Crippen LogP contribution in [0.25, 0.3) is 0 Å². The molecule has 1 fully saturated rings. The Hall–Kier alpha value is -0.580. The monoisotopic (exact) mass is 297 g/mol. The van der Waals surface area contributed by atoms with Crippen molar-refractivity contribution in [1.29, 1.82) is 0 Å². The molecule has 0 aliphatic carbocycles. The van der Waals surface area contributed by atoms with E-state index in [1.165, 1.54) is 18.7 Å². The minimum Gasteiger partial charge on any atom is -0.398 e. The Balaban J connectivity index is 1.98. The summed E-state index contributed by atoms with van der Waals surface area (Å²) in [6, 6.07) is 6.02. The highest BCUT2D eigenvalue weighted by atomic mass is 79.9. The number of nitrogens with two attached hydrogens (primary N) is 1. The highest BCUT2D eigenvalue weighted by molar-refractivity contribution is 9.10. The average Bonchev–Trinajstić information content (AvgIpc) is 2.35. The van der Waals surface area contributed by atoms with Gasteiger partial charge in [0.25, 0.3) is 0 Å². The molecule has 0 amide bonds. The van der Waals surface area contributed by atoms with Gasteiger partial charge in [0.1, 0.15) is 0 Å². The van der Waals surface area contributed by atoms with E-state index < -0.39 is 0 Å². The fraction of sp³-hybridized carbons (Fsp3) is 0.538. The zero-order valence-corrected chi connectivity index (χ0v) is 11.9. The first-order valence-corrected chi connectivity index (χ1v) is 6.97. The van der Waals surface area contributed by atoms with E-state index in [1.54, 1.807) is 0 Å². The number of hydrogen-bond donors (Lipinski definition) is 1. The summed E-state index contributed by atoms with van der Waals surface area (Å²) in [6.07, 6.45) is 0. The van der Waals surface area contributed by atoms with Gasteiger partial charge in [-0.2, -0.15) is 0 Å². The molecule has 1 aliphatic heterocycles. The molecule has 2 N–H and O–H groups in total. The first kappa shape index (κ1) is 12.9. The summed E-state index contributed by atoms with van der Waals surface area (Å²) in [7, 11) is 0. The van der Waals surface area contributed by atoms with Crippen LogP contribution in [0.15, 0.2) is 22.7 Å². The highest BCUT2D eigenvalue weighted by Gasteiger charge is 2.17. The minimum absolute atomic E-state index is 0.886. The van der Waals surface area contributed by atoms with E-state index in [9.17, 15) is 0 Å². The van der Waals surface area contributed by atoms with Gasteiger partial charge >= 0.3 is 0 Å². The van der Waals surface area contributed by atoms with Gasteiger partial charge in [-0.1, -0.05) is 28.9 Å². The van der Waals surface area contributed by atoms with Gasteiger partial charge in [-0.25, -0.2) is 0 Å². The molecule has 0 aromatic heterocycles.